The van der Waals surface area contributed by atoms with Crippen LogP contribution in [-0.2, 0) is 17.9 Å². The summed E-state index contributed by atoms with van der Waals surface area (Å²) in [5, 5.41) is 12.1. The minimum Gasteiger partial charge on any atom is -0.492 e. The van der Waals surface area contributed by atoms with Crippen molar-refractivity contribution in [3.05, 3.63) is 59.9 Å². The summed E-state index contributed by atoms with van der Waals surface area (Å²) in [6.45, 7) is 0.885. The monoisotopic (exact) mass is 300 g/mol. The van der Waals surface area contributed by atoms with Crippen molar-refractivity contribution in [3.63, 3.8) is 0 Å². The van der Waals surface area contributed by atoms with Gasteiger partial charge in [0.15, 0.2) is 0 Å². The van der Waals surface area contributed by atoms with Gasteiger partial charge >= 0.3 is 0 Å². The first-order valence-electron chi connectivity index (χ1n) is 7.27. The smallest absolute Gasteiger partial charge is 0.220 e. The van der Waals surface area contributed by atoms with Gasteiger partial charge < -0.3 is 15.2 Å². The van der Waals surface area contributed by atoms with Crippen molar-refractivity contribution in [1.29, 1.82) is 0 Å². The van der Waals surface area contributed by atoms with Crippen molar-refractivity contribution in [3.8, 4) is 5.75 Å². The van der Waals surface area contributed by atoms with Crippen LogP contribution in [0.25, 0.3) is 0 Å². The van der Waals surface area contributed by atoms with Crippen LogP contribution < -0.4 is 10.1 Å². The molecule has 0 fully saturated rings. The molecule has 0 radical (unpaired) electrons. The van der Waals surface area contributed by atoms with Crippen LogP contribution in [0.4, 0.5) is 0 Å². The summed E-state index contributed by atoms with van der Waals surface area (Å²) in [5.41, 5.74) is 1.77. The molecule has 5 heteroatoms. The molecule has 0 saturated heterocycles. The van der Waals surface area contributed by atoms with Gasteiger partial charge in [-0.15, -0.1) is 0 Å². The molecule has 1 aromatic heterocycles. The predicted octanol–water partition coefficient (Wildman–Crippen LogP) is 2.05. The number of nitrogens with one attached hydrogen (secondary N) is 1. The quantitative estimate of drug-likeness (QED) is 0.732. The van der Waals surface area contributed by atoms with Gasteiger partial charge in [-0.3, -0.25) is 9.78 Å². The molecule has 0 aliphatic heterocycles. The summed E-state index contributed by atoms with van der Waals surface area (Å²) in [4.78, 5) is 15.7. The minimum atomic E-state index is -0.0254. The first-order chi connectivity index (χ1) is 10.8. The third-order valence-electron chi connectivity index (χ3n) is 3.22. The van der Waals surface area contributed by atoms with Crippen molar-refractivity contribution >= 4 is 5.91 Å². The van der Waals surface area contributed by atoms with Gasteiger partial charge in [0.25, 0.3) is 0 Å². The molecule has 1 heterocycles. The van der Waals surface area contributed by atoms with E-state index in [1.807, 2.05) is 30.3 Å². The van der Waals surface area contributed by atoms with E-state index in [1.54, 1.807) is 18.5 Å². The number of carbonyl (C=O) groups excluding carboxylic acids is 1. The summed E-state index contributed by atoms with van der Waals surface area (Å²) < 4.78 is 5.48. The Morgan fingerprint density at radius 3 is 2.73 bits per heavy atom. The number of rotatable bonds is 8. The molecule has 1 aromatic carbocycles. The van der Waals surface area contributed by atoms with Crippen LogP contribution in [0.1, 0.15) is 24.0 Å². The summed E-state index contributed by atoms with van der Waals surface area (Å²) in [7, 11) is 0. The van der Waals surface area contributed by atoms with E-state index in [0.29, 0.717) is 31.7 Å². The largest absolute Gasteiger partial charge is 0.492 e. The standard InChI is InChI=1S/C17H20N2O3/c20-13-15-6-2-1-5-14(15)11-19-17(21)8-4-10-22-16-7-3-9-18-12-16/h1-3,5-7,9,12,20H,4,8,10-11,13H2,(H,19,21). The Kier molecular flexibility index (Phi) is 6.39. The second-order valence-electron chi connectivity index (χ2n) is 4.84. The van der Waals surface area contributed by atoms with E-state index in [0.717, 1.165) is 11.1 Å². The fourth-order valence-electron chi connectivity index (χ4n) is 2.02. The highest BCUT2D eigenvalue weighted by Gasteiger charge is 2.04. The van der Waals surface area contributed by atoms with E-state index < -0.39 is 0 Å². The number of hydrogen-bond donors (Lipinski definition) is 2. The van der Waals surface area contributed by atoms with Gasteiger partial charge in [-0.25, -0.2) is 0 Å². The summed E-state index contributed by atoms with van der Waals surface area (Å²) in [6.07, 6.45) is 4.38. The molecule has 0 bridgehead atoms. The Morgan fingerprint density at radius 2 is 2.00 bits per heavy atom. The van der Waals surface area contributed by atoms with Crippen molar-refractivity contribution in [2.75, 3.05) is 6.61 Å². The molecular weight excluding hydrogens is 280 g/mol. The Morgan fingerprint density at radius 1 is 1.18 bits per heavy atom. The molecule has 0 spiro atoms. The van der Waals surface area contributed by atoms with Gasteiger partial charge in [-0.1, -0.05) is 24.3 Å². The number of aliphatic hydroxyl groups excluding tert-OH is 1. The first-order valence-corrected chi connectivity index (χ1v) is 7.27. The molecule has 116 valence electrons. The van der Waals surface area contributed by atoms with Crippen LogP contribution in [0.2, 0.25) is 0 Å². The van der Waals surface area contributed by atoms with Gasteiger partial charge in [-0.2, -0.15) is 0 Å². The van der Waals surface area contributed by atoms with Crippen molar-refractivity contribution < 1.29 is 14.6 Å². The van der Waals surface area contributed by atoms with Crippen LogP contribution >= 0.6 is 0 Å². The topological polar surface area (TPSA) is 71.5 Å². The normalized spacial score (nSPS) is 10.2. The lowest BCUT2D eigenvalue weighted by atomic mass is 10.1. The van der Waals surface area contributed by atoms with Crippen molar-refractivity contribution in [2.24, 2.45) is 0 Å². The molecule has 0 atom stereocenters. The first kappa shape index (κ1) is 16.0. The highest BCUT2D eigenvalue weighted by atomic mass is 16.5. The Balaban J connectivity index is 1.66. The summed E-state index contributed by atoms with van der Waals surface area (Å²) in [6, 6.07) is 11.1. The number of pyridine rings is 1. The second-order valence-corrected chi connectivity index (χ2v) is 4.84. The maximum absolute atomic E-state index is 11.8. The highest BCUT2D eigenvalue weighted by molar-refractivity contribution is 5.75. The third-order valence-corrected chi connectivity index (χ3v) is 3.22. The number of hydrogen-bond acceptors (Lipinski definition) is 4. The predicted molar refractivity (Wildman–Crippen MR) is 83.2 cm³/mol. The average molecular weight is 300 g/mol. The van der Waals surface area contributed by atoms with E-state index in [2.05, 4.69) is 10.3 Å². The molecule has 22 heavy (non-hydrogen) atoms. The Bertz CT molecular complexity index is 587. The minimum absolute atomic E-state index is 0.0228. The van der Waals surface area contributed by atoms with E-state index in [4.69, 9.17) is 4.74 Å². The molecule has 5 nitrogen and oxygen atoms in total. The number of nitrogens with zero attached hydrogens (tertiary/aromatic N) is 1. The van der Waals surface area contributed by atoms with E-state index in [1.165, 1.54) is 0 Å². The van der Waals surface area contributed by atoms with Crippen molar-refractivity contribution in [1.82, 2.24) is 10.3 Å². The number of benzene rings is 1. The van der Waals surface area contributed by atoms with Crippen LogP contribution in [-0.4, -0.2) is 22.6 Å². The van der Waals surface area contributed by atoms with Gasteiger partial charge in [0, 0.05) is 19.2 Å². The highest BCUT2D eigenvalue weighted by Crippen LogP contribution is 2.09. The van der Waals surface area contributed by atoms with E-state index in [-0.39, 0.29) is 12.5 Å². The molecule has 2 rings (SSSR count). The van der Waals surface area contributed by atoms with Gasteiger partial charge in [0.2, 0.25) is 5.91 Å². The number of amides is 1. The Hall–Kier alpha value is -2.40. The second kappa shape index (κ2) is 8.79. The lowest BCUT2D eigenvalue weighted by molar-refractivity contribution is -0.121. The van der Waals surface area contributed by atoms with Crippen LogP contribution in [0.15, 0.2) is 48.8 Å². The number of ether oxygens (including phenoxy) is 1. The zero-order chi connectivity index (χ0) is 15.6. The lowest BCUT2D eigenvalue weighted by Crippen LogP contribution is -2.23. The van der Waals surface area contributed by atoms with E-state index >= 15 is 0 Å². The Labute approximate surface area is 130 Å². The average Bonchev–Trinajstić information content (AvgIpc) is 2.58. The molecule has 0 aliphatic rings. The van der Waals surface area contributed by atoms with Crippen LogP contribution in [0.3, 0.4) is 0 Å². The zero-order valence-electron chi connectivity index (χ0n) is 12.4. The number of carbonyl (C=O) groups is 1. The number of aromatic nitrogens is 1. The lowest BCUT2D eigenvalue weighted by Gasteiger charge is -2.09. The van der Waals surface area contributed by atoms with Gasteiger partial charge in [0.05, 0.1) is 19.4 Å². The SMILES string of the molecule is O=C(CCCOc1cccnc1)NCc1ccccc1CO. The molecule has 0 unspecified atom stereocenters. The molecule has 2 aromatic rings. The fraction of sp³-hybridized carbons (Fsp3) is 0.294. The molecule has 0 aliphatic carbocycles. The molecule has 1 amide bonds. The summed E-state index contributed by atoms with van der Waals surface area (Å²) >= 11 is 0. The van der Waals surface area contributed by atoms with Crippen molar-refractivity contribution in [2.45, 2.75) is 26.0 Å². The third kappa shape index (κ3) is 5.18. The number of aliphatic hydroxyl groups is 1. The maximum Gasteiger partial charge on any atom is 0.220 e. The van der Waals surface area contributed by atoms with Gasteiger partial charge in [0.1, 0.15) is 5.75 Å². The zero-order valence-corrected chi connectivity index (χ0v) is 12.4. The fourth-order valence-corrected chi connectivity index (χ4v) is 2.02. The summed E-state index contributed by atoms with van der Waals surface area (Å²) in [5.74, 6) is 0.683. The van der Waals surface area contributed by atoms with E-state index in [9.17, 15) is 9.90 Å². The van der Waals surface area contributed by atoms with Crippen LogP contribution in [0.5, 0.6) is 5.75 Å². The maximum atomic E-state index is 11.8. The van der Waals surface area contributed by atoms with Gasteiger partial charge in [-0.05, 0) is 29.7 Å². The molecule has 0 saturated carbocycles. The van der Waals surface area contributed by atoms with Crippen LogP contribution in [0, 0.1) is 0 Å². The molecule has 2 N–H and O–H groups in total. The molecular formula is C17H20N2O3.